The maximum Gasteiger partial charge on any atom is 0.317 e. The van der Waals surface area contributed by atoms with Crippen LogP contribution in [0.4, 0.5) is 0 Å². The van der Waals surface area contributed by atoms with Gasteiger partial charge in [0.15, 0.2) is 0 Å². The number of thioether (sulfide) groups is 1. The Morgan fingerprint density at radius 2 is 2.27 bits per heavy atom. The number of aryl methyl sites for hydroxylation is 1. The SMILES string of the molecule is CCc1ccc(CSC(CN)C(=O)O)o1. The molecule has 4 nitrogen and oxygen atoms in total. The molecule has 0 aliphatic heterocycles. The molecule has 0 amide bonds. The minimum absolute atomic E-state index is 0.140. The van der Waals surface area contributed by atoms with Crippen molar-refractivity contribution in [1.82, 2.24) is 0 Å². The zero-order chi connectivity index (χ0) is 11.3. The Balaban J connectivity index is 2.45. The Hall–Kier alpha value is -0.940. The predicted octanol–water partition coefficient (Wildman–Crippen LogP) is 1.49. The van der Waals surface area contributed by atoms with E-state index in [0.717, 1.165) is 17.9 Å². The Bertz CT molecular complexity index is 324. The summed E-state index contributed by atoms with van der Waals surface area (Å²) in [6.45, 7) is 2.15. The molecule has 0 saturated heterocycles. The van der Waals surface area contributed by atoms with Crippen LogP contribution in [0.2, 0.25) is 0 Å². The van der Waals surface area contributed by atoms with Crippen molar-refractivity contribution >= 4 is 17.7 Å². The van der Waals surface area contributed by atoms with Gasteiger partial charge in [0.1, 0.15) is 16.8 Å². The Labute approximate surface area is 92.8 Å². The highest BCUT2D eigenvalue weighted by Gasteiger charge is 2.16. The molecule has 1 aromatic heterocycles. The fourth-order valence-corrected chi connectivity index (χ4v) is 1.91. The minimum Gasteiger partial charge on any atom is -0.480 e. The number of carboxylic acids is 1. The molecule has 1 aromatic rings. The van der Waals surface area contributed by atoms with Gasteiger partial charge in [0.2, 0.25) is 0 Å². The van der Waals surface area contributed by atoms with Crippen molar-refractivity contribution < 1.29 is 14.3 Å². The summed E-state index contributed by atoms with van der Waals surface area (Å²) < 4.78 is 5.45. The quantitative estimate of drug-likeness (QED) is 0.772. The molecule has 15 heavy (non-hydrogen) atoms. The van der Waals surface area contributed by atoms with Crippen LogP contribution in [-0.2, 0) is 17.0 Å². The lowest BCUT2D eigenvalue weighted by molar-refractivity contribution is -0.136. The molecule has 0 bridgehead atoms. The van der Waals surface area contributed by atoms with Gasteiger partial charge in [0.05, 0.1) is 5.75 Å². The van der Waals surface area contributed by atoms with Crippen LogP contribution in [0, 0.1) is 0 Å². The van der Waals surface area contributed by atoms with Crippen LogP contribution in [0.25, 0.3) is 0 Å². The van der Waals surface area contributed by atoms with Gasteiger partial charge in [0.25, 0.3) is 0 Å². The molecule has 1 heterocycles. The molecule has 84 valence electrons. The van der Waals surface area contributed by atoms with E-state index in [4.69, 9.17) is 15.3 Å². The van der Waals surface area contributed by atoms with Crippen molar-refractivity contribution in [3.8, 4) is 0 Å². The minimum atomic E-state index is -0.871. The summed E-state index contributed by atoms with van der Waals surface area (Å²) in [5.41, 5.74) is 5.34. The van der Waals surface area contributed by atoms with E-state index < -0.39 is 11.2 Å². The maximum absolute atomic E-state index is 10.7. The molecule has 0 fully saturated rings. The summed E-state index contributed by atoms with van der Waals surface area (Å²) in [6, 6.07) is 3.79. The average Bonchev–Trinajstić information content (AvgIpc) is 2.66. The lowest BCUT2D eigenvalue weighted by Crippen LogP contribution is -2.26. The van der Waals surface area contributed by atoms with E-state index >= 15 is 0 Å². The van der Waals surface area contributed by atoms with E-state index in [0.29, 0.717) is 5.75 Å². The number of hydrogen-bond acceptors (Lipinski definition) is 4. The maximum atomic E-state index is 10.7. The number of hydrogen-bond donors (Lipinski definition) is 2. The molecule has 0 saturated carbocycles. The zero-order valence-electron chi connectivity index (χ0n) is 8.60. The van der Waals surface area contributed by atoms with Crippen LogP contribution >= 0.6 is 11.8 Å². The topological polar surface area (TPSA) is 76.5 Å². The van der Waals surface area contributed by atoms with Crippen LogP contribution < -0.4 is 5.73 Å². The summed E-state index contributed by atoms with van der Waals surface area (Å²) in [4.78, 5) is 10.7. The van der Waals surface area contributed by atoms with Gasteiger partial charge < -0.3 is 15.3 Å². The average molecular weight is 229 g/mol. The lowest BCUT2D eigenvalue weighted by atomic mass is 10.4. The molecular formula is C10H15NO3S. The summed E-state index contributed by atoms with van der Waals surface area (Å²) >= 11 is 1.29. The van der Waals surface area contributed by atoms with Crippen molar-refractivity contribution in [2.45, 2.75) is 24.3 Å². The Kier molecular flexibility index (Phi) is 4.71. The highest BCUT2D eigenvalue weighted by atomic mass is 32.2. The third kappa shape index (κ3) is 3.60. The molecule has 0 aromatic carbocycles. The molecular weight excluding hydrogens is 214 g/mol. The van der Waals surface area contributed by atoms with E-state index in [2.05, 4.69) is 0 Å². The second-order valence-corrected chi connectivity index (χ2v) is 4.29. The first-order chi connectivity index (χ1) is 7.17. The molecule has 1 unspecified atom stereocenters. The van der Waals surface area contributed by atoms with Crippen LogP contribution in [0.15, 0.2) is 16.5 Å². The van der Waals surface area contributed by atoms with Gasteiger partial charge in [-0.2, -0.15) is 0 Å². The van der Waals surface area contributed by atoms with Crippen molar-refractivity contribution in [2.24, 2.45) is 5.73 Å². The highest BCUT2D eigenvalue weighted by molar-refractivity contribution is 7.99. The third-order valence-electron chi connectivity index (χ3n) is 1.98. The predicted molar refractivity (Wildman–Crippen MR) is 59.9 cm³/mol. The van der Waals surface area contributed by atoms with Gasteiger partial charge in [-0.15, -0.1) is 11.8 Å². The fraction of sp³-hybridized carbons (Fsp3) is 0.500. The summed E-state index contributed by atoms with van der Waals surface area (Å²) in [5.74, 6) is 1.40. The molecule has 5 heteroatoms. The van der Waals surface area contributed by atoms with E-state index in [1.807, 2.05) is 19.1 Å². The number of furan rings is 1. The first-order valence-corrected chi connectivity index (χ1v) is 5.84. The van der Waals surface area contributed by atoms with Crippen LogP contribution in [0.5, 0.6) is 0 Å². The van der Waals surface area contributed by atoms with Crippen LogP contribution in [-0.4, -0.2) is 22.9 Å². The first-order valence-electron chi connectivity index (χ1n) is 4.79. The van der Waals surface area contributed by atoms with Crippen molar-refractivity contribution in [1.29, 1.82) is 0 Å². The largest absolute Gasteiger partial charge is 0.480 e. The molecule has 1 rings (SSSR count). The van der Waals surface area contributed by atoms with E-state index in [9.17, 15) is 4.79 Å². The molecule has 0 aliphatic carbocycles. The second-order valence-electron chi connectivity index (χ2n) is 3.10. The molecule has 1 atom stereocenters. The molecule has 0 aliphatic rings. The van der Waals surface area contributed by atoms with E-state index in [-0.39, 0.29) is 6.54 Å². The van der Waals surface area contributed by atoms with Gasteiger partial charge in [0, 0.05) is 13.0 Å². The zero-order valence-corrected chi connectivity index (χ0v) is 9.42. The summed E-state index contributed by atoms with van der Waals surface area (Å²) in [7, 11) is 0. The van der Waals surface area contributed by atoms with Gasteiger partial charge in [-0.1, -0.05) is 6.92 Å². The summed E-state index contributed by atoms with van der Waals surface area (Å²) in [6.07, 6.45) is 0.851. The smallest absolute Gasteiger partial charge is 0.317 e. The standard InChI is InChI=1S/C10H15NO3S/c1-2-7-3-4-8(14-7)6-15-9(5-11)10(12)13/h3-4,9H,2,5-6,11H2,1H3,(H,12,13). The van der Waals surface area contributed by atoms with Gasteiger partial charge in [-0.3, -0.25) is 4.79 Å². The Morgan fingerprint density at radius 1 is 1.60 bits per heavy atom. The van der Waals surface area contributed by atoms with E-state index in [1.54, 1.807) is 0 Å². The van der Waals surface area contributed by atoms with Gasteiger partial charge in [-0.05, 0) is 12.1 Å². The first kappa shape index (κ1) is 12.1. The second kappa shape index (κ2) is 5.82. The van der Waals surface area contributed by atoms with E-state index in [1.165, 1.54) is 11.8 Å². The van der Waals surface area contributed by atoms with Crippen LogP contribution in [0.3, 0.4) is 0 Å². The third-order valence-corrected chi connectivity index (χ3v) is 3.23. The van der Waals surface area contributed by atoms with Crippen LogP contribution in [0.1, 0.15) is 18.4 Å². The number of nitrogens with two attached hydrogens (primary N) is 1. The molecule has 0 radical (unpaired) electrons. The van der Waals surface area contributed by atoms with Crippen molar-refractivity contribution in [3.63, 3.8) is 0 Å². The monoisotopic (exact) mass is 229 g/mol. The van der Waals surface area contributed by atoms with Crippen molar-refractivity contribution in [2.75, 3.05) is 6.54 Å². The van der Waals surface area contributed by atoms with Gasteiger partial charge >= 0.3 is 5.97 Å². The number of carboxylic acid groups (broad SMARTS) is 1. The normalized spacial score (nSPS) is 12.7. The summed E-state index contributed by atoms with van der Waals surface area (Å²) in [5, 5.41) is 8.22. The lowest BCUT2D eigenvalue weighted by Gasteiger charge is -2.07. The van der Waals surface area contributed by atoms with Crippen molar-refractivity contribution in [3.05, 3.63) is 23.7 Å². The number of aliphatic carboxylic acids is 1. The molecule has 0 spiro atoms. The van der Waals surface area contributed by atoms with Gasteiger partial charge in [-0.25, -0.2) is 0 Å². The molecule has 3 N–H and O–H groups in total. The number of rotatable bonds is 6. The highest BCUT2D eigenvalue weighted by Crippen LogP contribution is 2.19. The fourth-order valence-electron chi connectivity index (χ4n) is 1.11. The number of carbonyl (C=O) groups is 1. The Morgan fingerprint density at radius 3 is 2.73 bits per heavy atom.